The summed E-state index contributed by atoms with van der Waals surface area (Å²) in [6.45, 7) is 2.25. The van der Waals surface area contributed by atoms with E-state index in [4.69, 9.17) is 0 Å². The minimum absolute atomic E-state index is 0.303. The van der Waals surface area contributed by atoms with Crippen LogP contribution < -0.4 is 4.90 Å². The molecule has 0 aliphatic rings. The van der Waals surface area contributed by atoms with Gasteiger partial charge in [0.1, 0.15) is 5.82 Å². The van der Waals surface area contributed by atoms with E-state index in [0.717, 1.165) is 10.7 Å². The minimum atomic E-state index is -0.378. The number of hydrogen-bond acceptors (Lipinski definition) is 4. The summed E-state index contributed by atoms with van der Waals surface area (Å²) >= 11 is 1.59. The van der Waals surface area contributed by atoms with Crippen molar-refractivity contribution in [1.82, 2.24) is 4.98 Å². The van der Waals surface area contributed by atoms with Crippen molar-refractivity contribution in [1.29, 1.82) is 0 Å². The van der Waals surface area contributed by atoms with Crippen LogP contribution in [-0.2, 0) is 13.2 Å². The molecule has 0 atom stereocenters. The largest absolute Gasteiger partial charge is 0.391 e. The Morgan fingerprint density at radius 2 is 2.22 bits per heavy atom. The average molecular weight is 266 g/mol. The summed E-state index contributed by atoms with van der Waals surface area (Å²) in [6, 6.07) is 4.80. The number of benzene rings is 1. The quantitative estimate of drug-likeness (QED) is 0.924. The van der Waals surface area contributed by atoms with Crippen molar-refractivity contribution >= 4 is 17.0 Å². The maximum absolute atomic E-state index is 13.6. The van der Waals surface area contributed by atoms with Crippen LogP contribution in [0.25, 0.3) is 0 Å². The van der Waals surface area contributed by atoms with E-state index in [-0.39, 0.29) is 12.4 Å². The van der Waals surface area contributed by atoms with Crippen molar-refractivity contribution < 1.29 is 9.50 Å². The first-order valence-electron chi connectivity index (χ1n) is 5.62. The summed E-state index contributed by atoms with van der Waals surface area (Å²) in [5, 5.41) is 12.2. The predicted octanol–water partition coefficient (Wildman–Crippen LogP) is 2.72. The fourth-order valence-corrected chi connectivity index (χ4v) is 2.47. The molecule has 5 heteroatoms. The molecule has 0 aliphatic heterocycles. The Morgan fingerprint density at radius 1 is 1.44 bits per heavy atom. The number of aliphatic hydroxyl groups excluding tert-OH is 1. The second-order valence-corrected chi connectivity index (χ2v) is 5.17. The van der Waals surface area contributed by atoms with Crippen LogP contribution in [0, 0.1) is 12.7 Å². The van der Waals surface area contributed by atoms with Gasteiger partial charge in [-0.25, -0.2) is 9.37 Å². The van der Waals surface area contributed by atoms with Gasteiger partial charge in [-0.3, -0.25) is 0 Å². The molecule has 1 aromatic carbocycles. The van der Waals surface area contributed by atoms with Gasteiger partial charge >= 0.3 is 0 Å². The highest BCUT2D eigenvalue weighted by Gasteiger charge is 2.12. The van der Waals surface area contributed by atoms with Gasteiger partial charge in [-0.05, 0) is 19.1 Å². The topological polar surface area (TPSA) is 36.4 Å². The molecule has 3 nitrogen and oxygen atoms in total. The van der Waals surface area contributed by atoms with Gasteiger partial charge in [0.05, 0.1) is 23.9 Å². The molecule has 96 valence electrons. The van der Waals surface area contributed by atoms with E-state index in [1.165, 1.54) is 6.07 Å². The number of aromatic nitrogens is 1. The fraction of sp³-hybridized carbons (Fsp3) is 0.308. The first-order chi connectivity index (χ1) is 8.61. The molecule has 0 unspecified atom stereocenters. The number of aryl methyl sites for hydroxylation is 1. The molecule has 0 aliphatic carbocycles. The second-order valence-electron chi connectivity index (χ2n) is 4.11. The Bertz CT molecular complexity index is 542. The first-order valence-corrected chi connectivity index (χ1v) is 6.50. The van der Waals surface area contributed by atoms with Crippen molar-refractivity contribution in [3.63, 3.8) is 0 Å². The molecule has 2 aromatic rings. The fourth-order valence-electron chi connectivity index (χ4n) is 1.87. The van der Waals surface area contributed by atoms with Crippen LogP contribution in [0.15, 0.2) is 23.6 Å². The summed E-state index contributed by atoms with van der Waals surface area (Å²) in [4.78, 5) is 6.27. The van der Waals surface area contributed by atoms with Gasteiger partial charge < -0.3 is 10.0 Å². The Balaban J connectivity index is 2.23. The first kappa shape index (κ1) is 13.0. The van der Waals surface area contributed by atoms with Gasteiger partial charge in [-0.2, -0.15) is 0 Å². The molecular formula is C13H15FN2OS. The number of halogens is 1. The number of thiazole rings is 1. The van der Waals surface area contributed by atoms with E-state index in [0.29, 0.717) is 17.8 Å². The number of aliphatic hydroxyl groups is 1. The summed E-state index contributed by atoms with van der Waals surface area (Å²) in [7, 11) is 1.86. The third-order valence-electron chi connectivity index (χ3n) is 2.73. The molecule has 0 spiro atoms. The van der Waals surface area contributed by atoms with Crippen LogP contribution in [0.5, 0.6) is 0 Å². The number of nitrogens with zero attached hydrogens (tertiary/aromatic N) is 2. The zero-order chi connectivity index (χ0) is 13.1. The van der Waals surface area contributed by atoms with Crippen LogP contribution in [0.2, 0.25) is 0 Å². The maximum atomic E-state index is 13.6. The van der Waals surface area contributed by atoms with E-state index in [9.17, 15) is 9.50 Å². The maximum Gasteiger partial charge on any atom is 0.130 e. The van der Waals surface area contributed by atoms with E-state index >= 15 is 0 Å². The highest BCUT2D eigenvalue weighted by molar-refractivity contribution is 7.09. The molecule has 0 amide bonds. The highest BCUT2D eigenvalue weighted by Crippen LogP contribution is 2.24. The van der Waals surface area contributed by atoms with Crippen molar-refractivity contribution in [3.8, 4) is 0 Å². The SMILES string of the molecule is Cc1nc(CN(C)c2cccc(F)c2CO)cs1. The molecule has 18 heavy (non-hydrogen) atoms. The molecule has 1 heterocycles. The van der Waals surface area contributed by atoms with Crippen molar-refractivity contribution in [2.45, 2.75) is 20.1 Å². The molecule has 0 fully saturated rings. The summed E-state index contributed by atoms with van der Waals surface area (Å²) in [6.07, 6.45) is 0. The van der Waals surface area contributed by atoms with Gasteiger partial charge in [0.15, 0.2) is 0 Å². The Hall–Kier alpha value is -1.46. The monoisotopic (exact) mass is 266 g/mol. The number of anilines is 1. The zero-order valence-corrected chi connectivity index (χ0v) is 11.2. The average Bonchev–Trinajstić information content (AvgIpc) is 2.74. The Morgan fingerprint density at radius 3 is 2.83 bits per heavy atom. The van der Waals surface area contributed by atoms with Crippen LogP contribution >= 0.6 is 11.3 Å². The van der Waals surface area contributed by atoms with Crippen molar-refractivity contribution in [2.24, 2.45) is 0 Å². The van der Waals surface area contributed by atoms with Gasteiger partial charge in [-0.1, -0.05) is 6.07 Å². The third-order valence-corrected chi connectivity index (χ3v) is 3.55. The van der Waals surface area contributed by atoms with Gasteiger partial charge in [0, 0.05) is 23.7 Å². The second kappa shape index (κ2) is 5.46. The molecule has 0 saturated heterocycles. The Kier molecular flexibility index (Phi) is 3.93. The van der Waals surface area contributed by atoms with E-state index in [1.54, 1.807) is 23.5 Å². The van der Waals surface area contributed by atoms with Gasteiger partial charge in [0.25, 0.3) is 0 Å². The van der Waals surface area contributed by atoms with Crippen molar-refractivity contribution in [2.75, 3.05) is 11.9 Å². The molecule has 1 N–H and O–H groups in total. The van der Waals surface area contributed by atoms with Gasteiger partial charge in [0.2, 0.25) is 0 Å². The molecule has 0 bridgehead atoms. The lowest BCUT2D eigenvalue weighted by atomic mass is 10.1. The van der Waals surface area contributed by atoms with Crippen LogP contribution in [-0.4, -0.2) is 17.1 Å². The Labute approximate surface area is 110 Å². The third kappa shape index (κ3) is 2.68. The highest BCUT2D eigenvalue weighted by atomic mass is 32.1. The lowest BCUT2D eigenvalue weighted by molar-refractivity contribution is 0.276. The summed E-state index contributed by atoms with van der Waals surface area (Å²) < 4.78 is 13.6. The van der Waals surface area contributed by atoms with E-state index < -0.39 is 0 Å². The van der Waals surface area contributed by atoms with Crippen LogP contribution in [0.1, 0.15) is 16.3 Å². The summed E-state index contributed by atoms with van der Waals surface area (Å²) in [5.74, 6) is -0.378. The van der Waals surface area contributed by atoms with Crippen molar-refractivity contribution in [3.05, 3.63) is 45.7 Å². The number of hydrogen-bond donors (Lipinski definition) is 1. The molecule has 0 saturated carbocycles. The summed E-state index contributed by atoms with van der Waals surface area (Å²) in [5.41, 5.74) is 1.98. The standard InChI is InChI=1S/C13H15FN2OS/c1-9-15-10(8-18-9)6-16(2)13-5-3-4-12(14)11(13)7-17/h3-5,8,17H,6-7H2,1-2H3. The molecule has 2 rings (SSSR count). The van der Waals surface area contributed by atoms with E-state index in [1.807, 2.05) is 24.3 Å². The lowest BCUT2D eigenvalue weighted by Gasteiger charge is -2.21. The molecule has 1 aromatic heterocycles. The van der Waals surface area contributed by atoms with Crippen LogP contribution in [0.4, 0.5) is 10.1 Å². The molecular weight excluding hydrogens is 251 g/mol. The minimum Gasteiger partial charge on any atom is -0.391 e. The predicted molar refractivity (Wildman–Crippen MR) is 71.3 cm³/mol. The van der Waals surface area contributed by atoms with Crippen LogP contribution in [0.3, 0.4) is 0 Å². The zero-order valence-electron chi connectivity index (χ0n) is 10.4. The smallest absolute Gasteiger partial charge is 0.130 e. The number of rotatable bonds is 4. The normalized spacial score (nSPS) is 10.7. The molecule has 0 radical (unpaired) electrons. The van der Waals surface area contributed by atoms with Gasteiger partial charge in [-0.15, -0.1) is 11.3 Å². The van der Waals surface area contributed by atoms with E-state index in [2.05, 4.69) is 4.98 Å². The lowest BCUT2D eigenvalue weighted by Crippen LogP contribution is -2.18.